The molecule has 0 aliphatic rings. The quantitative estimate of drug-likeness (QED) is 0.0407. The Morgan fingerprint density at radius 2 is 1.25 bits per heavy atom. The summed E-state index contributed by atoms with van der Waals surface area (Å²) in [6, 6.07) is 19.7. The molecule has 0 aromatic heterocycles. The van der Waals surface area contributed by atoms with Gasteiger partial charge in [-0.15, -0.1) is 0 Å². The molecule has 4 rings (SSSR count). The minimum atomic E-state index is -1.29. The number of benzene rings is 4. The summed E-state index contributed by atoms with van der Waals surface area (Å²) in [4.78, 5) is 76.9. The molecular weight excluding hydrogens is 732 g/mol. The highest BCUT2D eigenvalue weighted by atomic mass is 16.5. The third kappa shape index (κ3) is 12.3. The van der Waals surface area contributed by atoms with E-state index in [1.54, 1.807) is 12.1 Å². The van der Waals surface area contributed by atoms with Crippen LogP contribution in [0.15, 0.2) is 110 Å². The van der Waals surface area contributed by atoms with Gasteiger partial charge in [0, 0.05) is 28.2 Å². The number of carbonyl (C=O) groups excluding carboxylic acids is 6. The number of amides is 5. The Balaban J connectivity index is 1.52. The van der Waals surface area contributed by atoms with Crippen LogP contribution in [0.1, 0.15) is 61.7 Å². The fourth-order valence-corrected chi connectivity index (χ4v) is 5.04. The SMILES string of the molecule is C=CCOC(=O)c1ccc(NC(=O)c2ccc(NC(=O)c3ccc(NC(=O)C(CC(N)=O)NC(=O)c4ccc(N)cc4)cc3)c(OCC(C)C)c2OCC=C)cc1. The molecule has 0 spiro atoms. The minimum Gasteiger partial charge on any atom is -0.487 e. The van der Waals surface area contributed by atoms with Gasteiger partial charge in [-0.25, -0.2) is 4.79 Å². The molecule has 5 amide bonds. The highest BCUT2D eigenvalue weighted by Crippen LogP contribution is 2.40. The molecule has 1 unspecified atom stereocenters. The van der Waals surface area contributed by atoms with Crippen LogP contribution in [-0.4, -0.2) is 61.4 Å². The van der Waals surface area contributed by atoms with E-state index in [-0.39, 0.29) is 65.3 Å². The lowest BCUT2D eigenvalue weighted by Gasteiger charge is -2.20. The standard InChI is InChI=1S/C42H44N6O9/c1-5-21-55-36-32(40(52)45-30-17-11-28(12-18-30)42(54)56-22-6-2)19-20-33(37(36)57-24-25(3)4)47-38(50)27-9-15-31(16-10-27)46-41(53)34(23-35(44)49)48-39(51)26-7-13-29(43)14-8-26/h5-20,25,34H,1-2,21-24,43H2,3-4H3,(H2,44,49)(H,45,52)(H,46,53)(H,47,50)(H,48,51). The lowest BCUT2D eigenvalue weighted by Crippen LogP contribution is -2.46. The maximum atomic E-state index is 13.6. The Morgan fingerprint density at radius 1 is 0.667 bits per heavy atom. The van der Waals surface area contributed by atoms with E-state index in [1.165, 1.54) is 84.9 Å². The number of nitrogens with one attached hydrogen (secondary N) is 4. The molecule has 4 aromatic rings. The molecule has 4 aromatic carbocycles. The molecule has 0 fully saturated rings. The Kier molecular flexibility index (Phi) is 15.1. The fourth-order valence-electron chi connectivity index (χ4n) is 5.04. The number of rotatable bonds is 19. The molecule has 15 heteroatoms. The van der Waals surface area contributed by atoms with Crippen LogP contribution in [0.5, 0.6) is 11.5 Å². The van der Waals surface area contributed by atoms with E-state index in [4.69, 9.17) is 25.7 Å². The van der Waals surface area contributed by atoms with E-state index in [0.29, 0.717) is 16.9 Å². The Morgan fingerprint density at radius 3 is 1.84 bits per heavy atom. The summed E-state index contributed by atoms with van der Waals surface area (Å²) in [5.74, 6) is -3.54. The van der Waals surface area contributed by atoms with Crippen molar-refractivity contribution in [2.24, 2.45) is 11.7 Å². The third-order valence-electron chi connectivity index (χ3n) is 7.84. The van der Waals surface area contributed by atoms with Crippen molar-refractivity contribution in [1.82, 2.24) is 5.32 Å². The zero-order valence-corrected chi connectivity index (χ0v) is 31.5. The second-order valence-corrected chi connectivity index (χ2v) is 12.9. The predicted molar refractivity (Wildman–Crippen MR) is 216 cm³/mol. The Labute approximate surface area is 329 Å². The van der Waals surface area contributed by atoms with Gasteiger partial charge >= 0.3 is 5.97 Å². The van der Waals surface area contributed by atoms with Gasteiger partial charge in [-0.05, 0) is 90.8 Å². The molecule has 0 aliphatic heterocycles. The summed E-state index contributed by atoms with van der Waals surface area (Å²) in [5, 5.41) is 10.7. The number of hydrogen-bond acceptors (Lipinski definition) is 10. The van der Waals surface area contributed by atoms with Crippen LogP contribution in [0.25, 0.3) is 0 Å². The lowest BCUT2D eigenvalue weighted by atomic mass is 10.1. The van der Waals surface area contributed by atoms with E-state index in [9.17, 15) is 28.8 Å². The normalized spacial score (nSPS) is 11.0. The van der Waals surface area contributed by atoms with Crippen LogP contribution < -0.4 is 42.2 Å². The van der Waals surface area contributed by atoms with Crippen LogP contribution in [0.4, 0.5) is 22.7 Å². The molecule has 296 valence electrons. The van der Waals surface area contributed by atoms with Crippen LogP contribution in [0.3, 0.4) is 0 Å². The number of anilines is 4. The number of primary amides is 1. The number of nitrogen functional groups attached to an aromatic ring is 1. The molecule has 0 radical (unpaired) electrons. The lowest BCUT2D eigenvalue weighted by molar-refractivity contribution is -0.123. The maximum Gasteiger partial charge on any atom is 0.338 e. The highest BCUT2D eigenvalue weighted by Gasteiger charge is 2.25. The Bertz CT molecular complexity index is 2120. The molecule has 1 atom stereocenters. The number of ether oxygens (including phenoxy) is 3. The van der Waals surface area contributed by atoms with Crippen molar-refractivity contribution in [3.8, 4) is 11.5 Å². The molecule has 0 aliphatic carbocycles. The van der Waals surface area contributed by atoms with E-state index >= 15 is 0 Å². The van der Waals surface area contributed by atoms with Gasteiger partial charge in [0.1, 0.15) is 19.3 Å². The van der Waals surface area contributed by atoms with Crippen molar-refractivity contribution in [3.05, 3.63) is 132 Å². The summed E-state index contributed by atoms with van der Waals surface area (Å²) < 4.78 is 17.1. The van der Waals surface area contributed by atoms with Crippen molar-refractivity contribution in [3.63, 3.8) is 0 Å². The molecular formula is C42H44N6O9. The number of esters is 1. The van der Waals surface area contributed by atoms with Crippen molar-refractivity contribution < 1.29 is 43.0 Å². The average molecular weight is 777 g/mol. The van der Waals surface area contributed by atoms with E-state index < -0.39 is 48.0 Å². The zero-order chi connectivity index (χ0) is 41.5. The van der Waals surface area contributed by atoms with Gasteiger partial charge in [-0.1, -0.05) is 39.2 Å². The molecule has 57 heavy (non-hydrogen) atoms. The summed E-state index contributed by atoms with van der Waals surface area (Å²) in [7, 11) is 0. The molecule has 0 bridgehead atoms. The summed E-state index contributed by atoms with van der Waals surface area (Å²) in [6.07, 6.45) is 2.49. The van der Waals surface area contributed by atoms with Crippen molar-refractivity contribution >= 4 is 58.3 Å². The first kappa shape index (κ1) is 42.3. The topological polar surface area (TPSA) is 230 Å². The van der Waals surface area contributed by atoms with Crippen LogP contribution >= 0.6 is 0 Å². The number of carbonyl (C=O) groups is 6. The van der Waals surface area contributed by atoms with Gasteiger partial charge in [0.25, 0.3) is 17.7 Å². The molecule has 0 saturated carbocycles. The first-order valence-electron chi connectivity index (χ1n) is 17.7. The summed E-state index contributed by atoms with van der Waals surface area (Å²) >= 11 is 0. The predicted octanol–water partition coefficient (Wildman–Crippen LogP) is 5.33. The molecule has 8 N–H and O–H groups in total. The van der Waals surface area contributed by atoms with Gasteiger partial charge in [0.15, 0.2) is 11.5 Å². The molecule has 0 heterocycles. The van der Waals surface area contributed by atoms with Gasteiger partial charge in [-0.3, -0.25) is 24.0 Å². The van der Waals surface area contributed by atoms with Crippen LogP contribution in [0.2, 0.25) is 0 Å². The number of hydrogen-bond donors (Lipinski definition) is 6. The zero-order valence-electron chi connectivity index (χ0n) is 31.5. The minimum absolute atomic E-state index is 0.00970. The van der Waals surface area contributed by atoms with Crippen LogP contribution in [0, 0.1) is 5.92 Å². The second-order valence-electron chi connectivity index (χ2n) is 12.9. The van der Waals surface area contributed by atoms with Crippen molar-refractivity contribution in [1.29, 1.82) is 0 Å². The average Bonchev–Trinajstić information content (AvgIpc) is 3.18. The molecule has 0 saturated heterocycles. The van der Waals surface area contributed by atoms with Gasteiger partial charge in [0.05, 0.1) is 29.8 Å². The highest BCUT2D eigenvalue weighted by molar-refractivity contribution is 6.10. The van der Waals surface area contributed by atoms with Crippen molar-refractivity contribution in [2.45, 2.75) is 26.3 Å². The van der Waals surface area contributed by atoms with Gasteiger partial charge in [-0.2, -0.15) is 0 Å². The van der Waals surface area contributed by atoms with Crippen molar-refractivity contribution in [2.75, 3.05) is 41.5 Å². The van der Waals surface area contributed by atoms with E-state index in [2.05, 4.69) is 34.4 Å². The van der Waals surface area contributed by atoms with E-state index in [1.807, 2.05) is 13.8 Å². The van der Waals surface area contributed by atoms with Gasteiger partial charge in [0.2, 0.25) is 11.8 Å². The van der Waals surface area contributed by atoms with Crippen LogP contribution in [-0.2, 0) is 14.3 Å². The smallest absolute Gasteiger partial charge is 0.338 e. The number of nitrogens with two attached hydrogens (primary N) is 2. The first-order chi connectivity index (χ1) is 27.3. The maximum absolute atomic E-state index is 13.6. The molecule has 15 nitrogen and oxygen atoms in total. The summed E-state index contributed by atoms with van der Waals surface area (Å²) in [5.41, 5.74) is 13.2. The summed E-state index contributed by atoms with van der Waals surface area (Å²) in [6.45, 7) is 11.4. The second kappa shape index (κ2) is 20.3. The van der Waals surface area contributed by atoms with Gasteiger partial charge < -0.3 is 46.9 Å². The van der Waals surface area contributed by atoms with E-state index in [0.717, 1.165) is 0 Å². The third-order valence-corrected chi connectivity index (χ3v) is 7.84. The largest absolute Gasteiger partial charge is 0.487 e. The Hall–Kier alpha value is -7.42. The first-order valence-corrected chi connectivity index (χ1v) is 17.7. The fraction of sp³-hybridized carbons (Fsp3) is 0.190. The monoisotopic (exact) mass is 776 g/mol.